The maximum Gasteiger partial charge on any atom is 0.307 e. The molecule has 2 aliphatic rings. The minimum absolute atomic E-state index is 0.105. The van der Waals surface area contributed by atoms with Crippen LogP contribution in [0.4, 0.5) is 4.39 Å². The average Bonchev–Trinajstić information content (AvgIpc) is 3.21. The molecule has 0 saturated heterocycles. The van der Waals surface area contributed by atoms with Crippen LogP contribution >= 0.6 is 0 Å². The lowest BCUT2D eigenvalue weighted by atomic mass is 10.1. The molecule has 1 saturated carbocycles. The van der Waals surface area contributed by atoms with E-state index in [9.17, 15) is 9.18 Å². The highest BCUT2D eigenvalue weighted by molar-refractivity contribution is 5.90. The van der Waals surface area contributed by atoms with Crippen LogP contribution < -0.4 is 5.32 Å². The Morgan fingerprint density at radius 2 is 2.16 bits per heavy atom. The second-order valence-electron chi connectivity index (χ2n) is 6.92. The number of nitrogens with one attached hydrogen (secondary N) is 1. The van der Waals surface area contributed by atoms with Crippen LogP contribution in [-0.4, -0.2) is 34.5 Å². The Morgan fingerprint density at radius 1 is 1.32 bits per heavy atom. The Balaban J connectivity index is 1.39. The van der Waals surface area contributed by atoms with Crippen LogP contribution in [0.1, 0.15) is 47.0 Å². The Morgan fingerprint density at radius 3 is 2.92 bits per heavy atom. The van der Waals surface area contributed by atoms with Crippen LogP contribution in [0.15, 0.2) is 34.7 Å². The quantitative estimate of drug-likeness (QED) is 0.927. The molecule has 0 radical (unpaired) electrons. The molecule has 0 unspecified atom stereocenters. The third kappa shape index (κ3) is 3.74. The topological polar surface area (TPSA) is 58.4 Å². The number of hydrogen-bond donors (Lipinski definition) is 1. The highest BCUT2D eigenvalue weighted by atomic mass is 19.1. The number of hydrogen-bond acceptors (Lipinski definition) is 4. The summed E-state index contributed by atoms with van der Waals surface area (Å²) in [5.74, 6) is 0.571. The number of rotatable bonds is 4. The van der Waals surface area contributed by atoms with Crippen molar-refractivity contribution in [3.05, 3.63) is 53.2 Å². The van der Waals surface area contributed by atoms with E-state index in [4.69, 9.17) is 4.42 Å². The smallest absolute Gasteiger partial charge is 0.307 e. The van der Waals surface area contributed by atoms with Gasteiger partial charge in [0.25, 0.3) is 5.89 Å². The third-order valence-corrected chi connectivity index (χ3v) is 4.95. The Kier molecular flexibility index (Phi) is 4.53. The largest absolute Gasteiger partial charge is 0.437 e. The van der Waals surface area contributed by atoms with Gasteiger partial charge in [0.2, 0.25) is 0 Å². The van der Waals surface area contributed by atoms with E-state index < -0.39 is 6.17 Å². The van der Waals surface area contributed by atoms with Crippen molar-refractivity contribution in [1.29, 1.82) is 0 Å². The molecule has 1 aromatic heterocycles. The van der Waals surface area contributed by atoms with E-state index in [1.54, 1.807) is 0 Å². The normalized spacial score (nSPS) is 23.4. The molecule has 5 nitrogen and oxygen atoms in total. The number of carbonyl (C=O) groups is 1. The van der Waals surface area contributed by atoms with Gasteiger partial charge in [-0.3, -0.25) is 9.69 Å². The summed E-state index contributed by atoms with van der Waals surface area (Å²) in [5, 5.41) is 2.84. The number of nitrogens with zero attached hydrogens (tertiary/aromatic N) is 2. The van der Waals surface area contributed by atoms with Gasteiger partial charge >= 0.3 is 5.91 Å². The van der Waals surface area contributed by atoms with Gasteiger partial charge in [-0.1, -0.05) is 30.3 Å². The second kappa shape index (κ2) is 6.96. The van der Waals surface area contributed by atoms with Crippen molar-refractivity contribution in [2.45, 2.75) is 51.0 Å². The molecule has 2 heterocycles. The molecule has 1 aliphatic heterocycles. The molecule has 1 amide bonds. The number of oxazole rings is 1. The minimum Gasteiger partial charge on any atom is -0.437 e. The fraction of sp³-hybridized carbons (Fsp3) is 0.474. The Labute approximate surface area is 146 Å². The molecular formula is C19H22FN3O2. The first-order valence-electron chi connectivity index (χ1n) is 8.87. The van der Waals surface area contributed by atoms with Gasteiger partial charge in [0, 0.05) is 32.1 Å². The van der Waals surface area contributed by atoms with Crippen molar-refractivity contribution in [2.24, 2.45) is 0 Å². The SMILES string of the molecule is O=C(N[C@@H]1CC[C@@H](F)C1)c1nc2c(o1)CCN(Cc1ccccc1)C2. The van der Waals surface area contributed by atoms with E-state index in [1.807, 2.05) is 18.2 Å². The molecule has 1 N–H and O–H groups in total. The predicted octanol–water partition coefficient (Wildman–Crippen LogP) is 2.85. The van der Waals surface area contributed by atoms with Gasteiger partial charge in [0.15, 0.2) is 0 Å². The van der Waals surface area contributed by atoms with E-state index in [0.717, 1.165) is 31.0 Å². The zero-order valence-corrected chi connectivity index (χ0v) is 14.1. The van der Waals surface area contributed by atoms with Crippen LogP contribution in [0.2, 0.25) is 0 Å². The number of halogens is 1. The van der Waals surface area contributed by atoms with Crippen LogP contribution in [-0.2, 0) is 19.5 Å². The van der Waals surface area contributed by atoms with E-state index in [1.165, 1.54) is 5.56 Å². The highest BCUT2D eigenvalue weighted by Gasteiger charge is 2.29. The van der Waals surface area contributed by atoms with E-state index in [2.05, 4.69) is 27.3 Å². The highest BCUT2D eigenvalue weighted by Crippen LogP contribution is 2.24. The van der Waals surface area contributed by atoms with E-state index >= 15 is 0 Å². The minimum atomic E-state index is -0.811. The number of carbonyl (C=O) groups excluding carboxylic acids is 1. The van der Waals surface area contributed by atoms with Gasteiger partial charge < -0.3 is 9.73 Å². The summed E-state index contributed by atoms with van der Waals surface area (Å²) in [6.07, 6.45) is 1.52. The van der Waals surface area contributed by atoms with Gasteiger partial charge in [-0.25, -0.2) is 9.37 Å². The molecule has 1 aromatic carbocycles. The van der Waals surface area contributed by atoms with Gasteiger partial charge in [-0.05, 0) is 24.8 Å². The zero-order chi connectivity index (χ0) is 17.2. The van der Waals surface area contributed by atoms with Gasteiger partial charge in [0.05, 0.1) is 5.69 Å². The van der Waals surface area contributed by atoms with Crippen LogP contribution in [0.25, 0.3) is 0 Å². The summed E-state index contributed by atoms with van der Waals surface area (Å²) >= 11 is 0. The molecule has 0 spiro atoms. The van der Waals surface area contributed by atoms with Crippen molar-refractivity contribution >= 4 is 5.91 Å². The molecule has 1 fully saturated rings. The predicted molar refractivity (Wildman–Crippen MR) is 90.8 cm³/mol. The number of aromatic nitrogens is 1. The summed E-state index contributed by atoms with van der Waals surface area (Å²) in [4.78, 5) is 19.0. The average molecular weight is 343 g/mol. The maximum absolute atomic E-state index is 13.2. The molecule has 4 rings (SSSR count). The van der Waals surface area contributed by atoms with Crippen molar-refractivity contribution < 1.29 is 13.6 Å². The third-order valence-electron chi connectivity index (χ3n) is 4.95. The number of fused-ring (bicyclic) bond motifs is 1. The lowest BCUT2D eigenvalue weighted by molar-refractivity contribution is 0.0899. The number of benzene rings is 1. The van der Waals surface area contributed by atoms with Gasteiger partial charge in [-0.15, -0.1) is 0 Å². The first-order valence-corrected chi connectivity index (χ1v) is 8.87. The van der Waals surface area contributed by atoms with Crippen molar-refractivity contribution in [2.75, 3.05) is 6.54 Å². The lowest BCUT2D eigenvalue weighted by Crippen LogP contribution is -2.33. The molecule has 132 valence electrons. The molecule has 0 bridgehead atoms. The molecule has 25 heavy (non-hydrogen) atoms. The fourth-order valence-electron chi connectivity index (χ4n) is 3.63. The molecule has 2 atom stereocenters. The van der Waals surface area contributed by atoms with Crippen LogP contribution in [0.5, 0.6) is 0 Å². The maximum atomic E-state index is 13.2. The van der Waals surface area contributed by atoms with E-state index in [0.29, 0.717) is 25.8 Å². The summed E-state index contributed by atoms with van der Waals surface area (Å²) in [6, 6.07) is 10.2. The first kappa shape index (κ1) is 16.3. The van der Waals surface area contributed by atoms with Gasteiger partial charge in [0.1, 0.15) is 11.9 Å². The Bertz CT molecular complexity index is 746. The van der Waals surface area contributed by atoms with Crippen molar-refractivity contribution in [3.8, 4) is 0 Å². The van der Waals surface area contributed by atoms with E-state index in [-0.39, 0.29) is 17.8 Å². The molecule has 1 aliphatic carbocycles. The Hall–Kier alpha value is -2.21. The molecular weight excluding hydrogens is 321 g/mol. The lowest BCUT2D eigenvalue weighted by Gasteiger charge is -2.24. The van der Waals surface area contributed by atoms with Crippen LogP contribution in [0, 0.1) is 0 Å². The number of alkyl halides is 1. The van der Waals surface area contributed by atoms with Crippen molar-refractivity contribution in [1.82, 2.24) is 15.2 Å². The van der Waals surface area contributed by atoms with Crippen molar-refractivity contribution in [3.63, 3.8) is 0 Å². The monoisotopic (exact) mass is 343 g/mol. The zero-order valence-electron chi connectivity index (χ0n) is 14.1. The molecule has 6 heteroatoms. The first-order chi connectivity index (χ1) is 12.2. The fourth-order valence-corrected chi connectivity index (χ4v) is 3.63. The van der Waals surface area contributed by atoms with Crippen LogP contribution in [0.3, 0.4) is 0 Å². The summed E-state index contributed by atoms with van der Waals surface area (Å²) < 4.78 is 18.9. The summed E-state index contributed by atoms with van der Waals surface area (Å²) in [5.41, 5.74) is 2.09. The molecule has 2 aromatic rings. The standard InChI is InChI=1S/C19H22FN3O2/c20-14-6-7-15(10-14)21-18(24)19-22-16-12-23(9-8-17(16)25-19)11-13-4-2-1-3-5-13/h1-5,14-15H,6-12H2,(H,21,24)/t14-,15-/m1/s1. The summed E-state index contributed by atoms with van der Waals surface area (Å²) in [6.45, 7) is 2.41. The van der Waals surface area contributed by atoms with Gasteiger partial charge in [-0.2, -0.15) is 0 Å². The second-order valence-corrected chi connectivity index (χ2v) is 6.92. The number of amides is 1. The summed E-state index contributed by atoms with van der Waals surface area (Å²) in [7, 11) is 0.